The van der Waals surface area contributed by atoms with Crippen LogP contribution < -0.4 is 32.1 Å². The quantitative estimate of drug-likeness (QED) is 0.0422. The van der Waals surface area contributed by atoms with Crippen LogP contribution in [0.4, 0.5) is 4.79 Å². The fourth-order valence-electron chi connectivity index (χ4n) is 8.11. The number of esters is 3. The molecule has 1 heterocycles. The Hall–Kier alpha value is -6.46. The molecule has 1 aromatic heterocycles. The fraction of sp³-hybridized carbons (Fsp3) is 0.585. The van der Waals surface area contributed by atoms with Crippen LogP contribution in [0.5, 0.6) is 5.75 Å². The monoisotopic (exact) mass is 989 g/mol. The number of carbonyl (C=O) groups excluding carboxylic acids is 7. The van der Waals surface area contributed by atoms with Crippen LogP contribution in [-0.2, 0) is 55.9 Å². The Kier molecular flexibility index (Phi) is 20.6. The number of fused-ring (bicyclic) bond motifs is 1. The summed E-state index contributed by atoms with van der Waals surface area (Å²) in [7, 11) is 0. The van der Waals surface area contributed by atoms with Crippen molar-refractivity contribution in [1.29, 1.82) is 0 Å². The van der Waals surface area contributed by atoms with E-state index in [1.54, 1.807) is 75.3 Å². The number of nitrogens with one attached hydrogen (secondary N) is 5. The Balaban J connectivity index is 1.36. The van der Waals surface area contributed by atoms with Crippen molar-refractivity contribution in [3.05, 3.63) is 76.2 Å². The van der Waals surface area contributed by atoms with Gasteiger partial charge in [0.1, 0.15) is 41.5 Å². The van der Waals surface area contributed by atoms with Gasteiger partial charge in [0.25, 0.3) is 5.56 Å². The number of hydrogen-bond donors (Lipinski definition) is 6. The molecule has 390 valence electrons. The molecule has 0 unspecified atom stereocenters. The van der Waals surface area contributed by atoms with Crippen LogP contribution in [0.15, 0.2) is 59.4 Å². The lowest BCUT2D eigenvalue weighted by molar-refractivity contribution is -0.159. The van der Waals surface area contributed by atoms with Crippen molar-refractivity contribution in [2.45, 2.75) is 175 Å². The molecular weight excluding hydrogens is 913 g/mol. The van der Waals surface area contributed by atoms with Gasteiger partial charge < -0.3 is 50.5 Å². The maximum absolute atomic E-state index is 13.9. The minimum atomic E-state index is -1.24. The SMILES string of the molecule is Cc1ccc(O)c(=O)n1CC(=O)NCC1CCC(C(=O)N[C@@H](Cc2ccc3ccccc3c2)C(=O)NCCCC[C@H](NC(=O)N[C@@H](CCC(=O)OC(C)(C)C)C(=O)OC(C)(C)C)C(=O)OC(C)(C)C)CC1. The summed E-state index contributed by atoms with van der Waals surface area (Å²) in [4.78, 5) is 105. The topological polar surface area (TPSA) is 250 Å². The van der Waals surface area contributed by atoms with E-state index >= 15 is 0 Å². The van der Waals surface area contributed by atoms with Crippen LogP contribution in [0.25, 0.3) is 10.8 Å². The van der Waals surface area contributed by atoms with E-state index < -0.39 is 70.2 Å². The second-order valence-electron chi connectivity index (χ2n) is 21.4. The minimum absolute atomic E-state index is 0.117. The highest BCUT2D eigenvalue weighted by Crippen LogP contribution is 2.29. The lowest BCUT2D eigenvalue weighted by Gasteiger charge is -2.29. The molecule has 0 saturated heterocycles. The standard InChI is InChI=1S/C53H76N6O12/c1-33-18-26-42(60)47(65)59(33)32-43(61)55-31-34-19-23-37(24-20-34)45(63)56-41(30-35-21-22-36-15-11-12-16-38(36)29-35)46(64)54-28-14-13-17-39(48(66)70-52(5,6)7)57-50(68)58-40(49(67)71-53(8,9)10)25-27-44(62)69-51(2,3)4/h11-12,15-16,18,21-22,26,29,34,37,39-41,60H,13-14,17,19-20,23-25,27-28,30-32H2,1-10H3,(H,54,64)(H,55,61)(H,56,63)(H2,57,58,68)/t34?,37?,39-,40-,41-/m0/s1. The molecule has 0 aliphatic heterocycles. The maximum Gasteiger partial charge on any atom is 0.329 e. The third kappa shape index (κ3) is 20.1. The molecule has 18 nitrogen and oxygen atoms in total. The molecule has 4 rings (SSSR count). The van der Waals surface area contributed by atoms with Crippen molar-refractivity contribution in [2.24, 2.45) is 11.8 Å². The third-order valence-corrected chi connectivity index (χ3v) is 11.6. The Morgan fingerprint density at radius 2 is 1.28 bits per heavy atom. The first-order valence-corrected chi connectivity index (χ1v) is 24.6. The zero-order chi connectivity index (χ0) is 52.7. The molecule has 71 heavy (non-hydrogen) atoms. The lowest BCUT2D eigenvalue weighted by Crippen LogP contribution is -2.53. The molecular formula is C53H76N6O12. The van der Waals surface area contributed by atoms with E-state index in [-0.39, 0.29) is 68.3 Å². The molecule has 2 aromatic carbocycles. The number of unbranched alkanes of at least 4 members (excludes halogenated alkanes) is 1. The van der Waals surface area contributed by atoms with Gasteiger partial charge >= 0.3 is 23.9 Å². The molecule has 1 saturated carbocycles. The van der Waals surface area contributed by atoms with Gasteiger partial charge in [-0.25, -0.2) is 14.4 Å². The molecule has 1 aliphatic carbocycles. The highest BCUT2D eigenvalue weighted by atomic mass is 16.6. The van der Waals surface area contributed by atoms with Crippen LogP contribution >= 0.6 is 0 Å². The molecule has 3 aromatic rings. The number of carbonyl (C=O) groups is 7. The predicted molar refractivity (Wildman–Crippen MR) is 268 cm³/mol. The number of pyridine rings is 1. The van der Waals surface area contributed by atoms with Gasteiger partial charge in [0.05, 0.1) is 0 Å². The van der Waals surface area contributed by atoms with Gasteiger partial charge in [-0.1, -0.05) is 42.5 Å². The normalized spacial score (nSPS) is 16.4. The number of ether oxygens (including phenoxy) is 3. The number of hydrogen-bond acceptors (Lipinski definition) is 12. The Morgan fingerprint density at radius 1 is 0.690 bits per heavy atom. The summed E-state index contributed by atoms with van der Waals surface area (Å²) >= 11 is 0. The van der Waals surface area contributed by atoms with Gasteiger partial charge in [-0.05, 0) is 155 Å². The average molecular weight is 989 g/mol. The van der Waals surface area contributed by atoms with E-state index in [1.807, 2.05) is 42.5 Å². The van der Waals surface area contributed by atoms with Gasteiger partial charge in [-0.2, -0.15) is 0 Å². The molecule has 6 N–H and O–H groups in total. The van der Waals surface area contributed by atoms with Crippen LogP contribution in [0.1, 0.15) is 131 Å². The molecule has 0 radical (unpaired) electrons. The summed E-state index contributed by atoms with van der Waals surface area (Å²) in [6.45, 7) is 17.3. The average Bonchev–Trinajstić information content (AvgIpc) is 3.27. The highest BCUT2D eigenvalue weighted by Gasteiger charge is 2.33. The summed E-state index contributed by atoms with van der Waals surface area (Å²) in [5.41, 5.74) is -1.75. The third-order valence-electron chi connectivity index (χ3n) is 11.6. The summed E-state index contributed by atoms with van der Waals surface area (Å²) in [6.07, 6.45) is 3.25. The summed E-state index contributed by atoms with van der Waals surface area (Å²) in [5.74, 6) is -3.66. The fourth-order valence-corrected chi connectivity index (χ4v) is 8.11. The zero-order valence-corrected chi connectivity index (χ0v) is 43.2. The first-order chi connectivity index (χ1) is 33.2. The van der Waals surface area contributed by atoms with Crippen LogP contribution in [0.2, 0.25) is 0 Å². The maximum atomic E-state index is 13.9. The van der Waals surface area contributed by atoms with E-state index in [0.29, 0.717) is 50.8 Å². The lowest BCUT2D eigenvalue weighted by atomic mass is 9.81. The first-order valence-electron chi connectivity index (χ1n) is 24.6. The Bertz CT molecular complexity index is 2400. The van der Waals surface area contributed by atoms with Crippen LogP contribution in [0, 0.1) is 18.8 Å². The van der Waals surface area contributed by atoms with Crippen molar-refractivity contribution in [2.75, 3.05) is 13.1 Å². The van der Waals surface area contributed by atoms with E-state index in [9.17, 15) is 43.5 Å². The van der Waals surface area contributed by atoms with Gasteiger partial charge in [0.15, 0.2) is 5.75 Å². The van der Waals surface area contributed by atoms with Crippen molar-refractivity contribution in [3.63, 3.8) is 0 Å². The Labute approximate surface area is 417 Å². The van der Waals surface area contributed by atoms with Crippen molar-refractivity contribution < 1.29 is 52.9 Å². The number of aromatic nitrogens is 1. The number of rotatable bonds is 21. The van der Waals surface area contributed by atoms with Gasteiger partial charge in [0, 0.05) is 37.5 Å². The van der Waals surface area contributed by atoms with E-state index in [0.717, 1.165) is 16.3 Å². The van der Waals surface area contributed by atoms with Crippen molar-refractivity contribution in [3.8, 4) is 5.75 Å². The van der Waals surface area contributed by atoms with E-state index in [1.165, 1.54) is 10.6 Å². The largest absolute Gasteiger partial charge is 0.503 e. The van der Waals surface area contributed by atoms with E-state index in [2.05, 4.69) is 26.6 Å². The summed E-state index contributed by atoms with van der Waals surface area (Å²) in [5, 5.41) is 25.9. The van der Waals surface area contributed by atoms with E-state index in [4.69, 9.17) is 14.2 Å². The molecule has 18 heteroatoms. The van der Waals surface area contributed by atoms with Gasteiger partial charge in [-0.15, -0.1) is 0 Å². The highest BCUT2D eigenvalue weighted by molar-refractivity contribution is 5.90. The zero-order valence-electron chi connectivity index (χ0n) is 43.2. The predicted octanol–water partition coefficient (Wildman–Crippen LogP) is 5.79. The molecule has 0 spiro atoms. The Morgan fingerprint density at radius 3 is 1.89 bits per heavy atom. The van der Waals surface area contributed by atoms with Crippen molar-refractivity contribution in [1.82, 2.24) is 31.2 Å². The number of urea groups is 1. The molecule has 0 bridgehead atoms. The number of benzene rings is 2. The van der Waals surface area contributed by atoms with Crippen LogP contribution in [0.3, 0.4) is 0 Å². The second kappa shape index (κ2) is 25.6. The number of amides is 5. The second-order valence-corrected chi connectivity index (χ2v) is 21.4. The number of aromatic hydroxyl groups is 1. The number of aryl methyl sites for hydroxylation is 1. The smallest absolute Gasteiger partial charge is 0.329 e. The molecule has 5 amide bonds. The van der Waals surface area contributed by atoms with Crippen molar-refractivity contribution >= 4 is 52.4 Å². The van der Waals surface area contributed by atoms with Crippen LogP contribution in [-0.4, -0.2) is 99.4 Å². The summed E-state index contributed by atoms with van der Waals surface area (Å²) in [6, 6.07) is 12.5. The number of nitrogens with zero attached hydrogens (tertiary/aromatic N) is 1. The first kappa shape index (κ1) is 57.1. The molecule has 1 aliphatic rings. The molecule has 1 fully saturated rings. The summed E-state index contributed by atoms with van der Waals surface area (Å²) < 4.78 is 17.7. The minimum Gasteiger partial charge on any atom is -0.503 e. The van der Waals surface area contributed by atoms with Gasteiger partial charge in [-0.3, -0.25) is 24.0 Å². The van der Waals surface area contributed by atoms with Gasteiger partial charge in [0.2, 0.25) is 17.7 Å². The molecule has 3 atom stereocenters.